The molecule has 100 valence electrons. The summed E-state index contributed by atoms with van der Waals surface area (Å²) < 4.78 is 35.1. The lowest BCUT2D eigenvalue weighted by atomic mass is 10.3. The molecule has 1 fully saturated rings. The van der Waals surface area contributed by atoms with Gasteiger partial charge < -0.3 is 14.8 Å². The van der Waals surface area contributed by atoms with Crippen molar-refractivity contribution in [2.75, 3.05) is 27.3 Å². The van der Waals surface area contributed by atoms with Gasteiger partial charge in [0.05, 0.1) is 19.5 Å². The molecule has 6 heteroatoms. The molecular weight excluding hydrogens is 254 g/mol. The van der Waals surface area contributed by atoms with Gasteiger partial charge in [-0.15, -0.1) is 0 Å². The summed E-state index contributed by atoms with van der Waals surface area (Å²) in [7, 11) is -0.359. The molecule has 1 aliphatic heterocycles. The molecule has 1 aliphatic rings. The monoisotopic (exact) mass is 271 g/mol. The Kier molecular flexibility index (Phi) is 3.77. The van der Waals surface area contributed by atoms with Gasteiger partial charge in [-0.1, -0.05) is 0 Å². The van der Waals surface area contributed by atoms with Gasteiger partial charge in [0, 0.05) is 12.6 Å². The van der Waals surface area contributed by atoms with Gasteiger partial charge in [-0.25, -0.2) is 8.42 Å². The minimum absolute atomic E-state index is 0.236. The highest BCUT2D eigenvalue weighted by atomic mass is 32.2. The van der Waals surface area contributed by atoms with Gasteiger partial charge in [-0.3, -0.25) is 0 Å². The van der Waals surface area contributed by atoms with Crippen LogP contribution < -0.4 is 14.8 Å². The maximum absolute atomic E-state index is 12.5. The largest absolute Gasteiger partial charge is 0.497 e. The van der Waals surface area contributed by atoms with Crippen LogP contribution in [0.3, 0.4) is 0 Å². The maximum atomic E-state index is 12.5. The number of nitrogens with one attached hydrogen (secondary N) is 1. The minimum atomic E-state index is -3.35. The molecule has 0 spiro atoms. The Morgan fingerprint density at radius 3 is 2.61 bits per heavy atom. The van der Waals surface area contributed by atoms with Gasteiger partial charge in [0.2, 0.25) is 0 Å². The van der Waals surface area contributed by atoms with Crippen molar-refractivity contribution < 1.29 is 17.9 Å². The first-order valence-corrected chi connectivity index (χ1v) is 7.31. The molecule has 0 aromatic heterocycles. The van der Waals surface area contributed by atoms with E-state index in [4.69, 9.17) is 9.47 Å². The smallest absolute Gasteiger partial charge is 0.186 e. The molecule has 1 aromatic carbocycles. The van der Waals surface area contributed by atoms with Crippen molar-refractivity contribution in [3.8, 4) is 11.5 Å². The molecule has 1 aromatic rings. The second-order valence-corrected chi connectivity index (χ2v) is 6.37. The van der Waals surface area contributed by atoms with Crippen LogP contribution in [0.15, 0.2) is 23.1 Å². The van der Waals surface area contributed by atoms with Gasteiger partial charge in [0.25, 0.3) is 0 Å². The SMILES string of the molecule is COc1ccc(S(=O)(=O)C2CCNC2)c(OC)c1. The molecule has 0 amide bonds. The third-order valence-corrected chi connectivity index (χ3v) is 5.36. The summed E-state index contributed by atoms with van der Waals surface area (Å²) in [4.78, 5) is 0.236. The van der Waals surface area contributed by atoms with Crippen molar-refractivity contribution in [2.24, 2.45) is 0 Å². The van der Waals surface area contributed by atoms with Crippen LogP contribution in [-0.2, 0) is 9.84 Å². The van der Waals surface area contributed by atoms with E-state index in [9.17, 15) is 8.42 Å². The summed E-state index contributed by atoms with van der Waals surface area (Å²) in [6.07, 6.45) is 0.636. The Hall–Kier alpha value is -1.27. The molecule has 1 heterocycles. The third-order valence-electron chi connectivity index (χ3n) is 3.13. The van der Waals surface area contributed by atoms with Crippen molar-refractivity contribution in [1.82, 2.24) is 5.32 Å². The zero-order chi connectivity index (χ0) is 13.2. The number of ether oxygens (including phenoxy) is 2. The summed E-state index contributed by atoms with van der Waals surface area (Å²) in [6.45, 7) is 1.24. The van der Waals surface area contributed by atoms with E-state index in [1.54, 1.807) is 18.2 Å². The molecule has 18 heavy (non-hydrogen) atoms. The van der Waals surface area contributed by atoms with Crippen molar-refractivity contribution in [2.45, 2.75) is 16.6 Å². The average molecular weight is 271 g/mol. The highest BCUT2D eigenvalue weighted by Crippen LogP contribution is 2.32. The normalized spacial score (nSPS) is 19.8. The fraction of sp³-hybridized carbons (Fsp3) is 0.500. The molecule has 0 bridgehead atoms. The lowest BCUT2D eigenvalue weighted by molar-refractivity contribution is 0.386. The Bertz CT molecular complexity index is 521. The van der Waals surface area contributed by atoms with E-state index in [0.29, 0.717) is 24.5 Å². The summed E-state index contributed by atoms with van der Waals surface area (Å²) >= 11 is 0. The van der Waals surface area contributed by atoms with E-state index >= 15 is 0 Å². The van der Waals surface area contributed by atoms with Gasteiger partial charge in [0.1, 0.15) is 16.4 Å². The topological polar surface area (TPSA) is 64.6 Å². The predicted molar refractivity (Wildman–Crippen MR) is 68.0 cm³/mol. The Morgan fingerprint density at radius 2 is 2.06 bits per heavy atom. The average Bonchev–Trinajstić information content (AvgIpc) is 2.92. The number of hydrogen-bond donors (Lipinski definition) is 1. The first kappa shape index (κ1) is 13.2. The fourth-order valence-electron chi connectivity index (χ4n) is 2.08. The van der Waals surface area contributed by atoms with E-state index in [-0.39, 0.29) is 10.1 Å². The molecule has 0 aliphatic carbocycles. The lowest BCUT2D eigenvalue weighted by Crippen LogP contribution is -2.24. The predicted octanol–water partition coefficient (Wildman–Crippen LogP) is 0.839. The van der Waals surface area contributed by atoms with Crippen molar-refractivity contribution in [3.63, 3.8) is 0 Å². The Morgan fingerprint density at radius 1 is 1.28 bits per heavy atom. The Labute approximate surface area is 107 Å². The molecular formula is C12H17NO4S. The van der Waals surface area contributed by atoms with Gasteiger partial charge in [-0.05, 0) is 25.1 Å². The molecule has 1 saturated heterocycles. The minimum Gasteiger partial charge on any atom is -0.497 e. The quantitative estimate of drug-likeness (QED) is 0.879. The second kappa shape index (κ2) is 5.16. The molecule has 5 nitrogen and oxygen atoms in total. The third kappa shape index (κ3) is 2.30. The molecule has 1 unspecified atom stereocenters. The molecule has 1 N–H and O–H groups in total. The highest BCUT2D eigenvalue weighted by Gasteiger charge is 2.32. The summed E-state index contributed by atoms with van der Waals surface area (Å²) in [5.41, 5.74) is 0. The number of benzene rings is 1. The molecule has 2 rings (SSSR count). The number of rotatable bonds is 4. The summed E-state index contributed by atoms with van der Waals surface area (Å²) in [5.74, 6) is 0.914. The maximum Gasteiger partial charge on any atom is 0.186 e. The van der Waals surface area contributed by atoms with Crippen LogP contribution in [0, 0.1) is 0 Å². The van der Waals surface area contributed by atoms with Crippen LogP contribution in [0.25, 0.3) is 0 Å². The molecule has 1 atom stereocenters. The van der Waals surface area contributed by atoms with Gasteiger partial charge in [-0.2, -0.15) is 0 Å². The summed E-state index contributed by atoms with van der Waals surface area (Å²) in [5, 5.41) is 2.69. The molecule has 0 saturated carbocycles. The van der Waals surface area contributed by atoms with Crippen LogP contribution in [0.1, 0.15) is 6.42 Å². The van der Waals surface area contributed by atoms with E-state index in [0.717, 1.165) is 6.54 Å². The highest BCUT2D eigenvalue weighted by molar-refractivity contribution is 7.92. The van der Waals surface area contributed by atoms with E-state index in [1.807, 2.05) is 0 Å². The first-order valence-electron chi connectivity index (χ1n) is 5.76. The number of hydrogen-bond acceptors (Lipinski definition) is 5. The molecule has 0 radical (unpaired) electrons. The van der Waals surface area contributed by atoms with E-state index < -0.39 is 9.84 Å². The van der Waals surface area contributed by atoms with E-state index in [1.165, 1.54) is 14.2 Å². The van der Waals surface area contributed by atoms with Crippen LogP contribution in [0.5, 0.6) is 11.5 Å². The zero-order valence-electron chi connectivity index (χ0n) is 10.5. The number of sulfone groups is 1. The summed E-state index contributed by atoms with van der Waals surface area (Å²) in [6, 6.07) is 4.78. The second-order valence-electron chi connectivity index (χ2n) is 4.18. The van der Waals surface area contributed by atoms with Crippen molar-refractivity contribution in [1.29, 1.82) is 0 Å². The lowest BCUT2D eigenvalue weighted by Gasteiger charge is -2.14. The van der Waals surface area contributed by atoms with Crippen LogP contribution >= 0.6 is 0 Å². The Balaban J connectivity index is 2.43. The van der Waals surface area contributed by atoms with Gasteiger partial charge in [0.15, 0.2) is 9.84 Å². The first-order chi connectivity index (χ1) is 8.59. The van der Waals surface area contributed by atoms with Crippen LogP contribution in [0.4, 0.5) is 0 Å². The van der Waals surface area contributed by atoms with Crippen LogP contribution in [-0.4, -0.2) is 41.0 Å². The zero-order valence-corrected chi connectivity index (χ0v) is 11.3. The van der Waals surface area contributed by atoms with Crippen LogP contribution in [0.2, 0.25) is 0 Å². The number of methoxy groups -OCH3 is 2. The fourth-order valence-corrected chi connectivity index (χ4v) is 3.89. The standard InChI is InChI=1S/C12H17NO4S/c1-16-9-3-4-12(11(7-9)17-2)18(14,15)10-5-6-13-8-10/h3-4,7,10,13H,5-6,8H2,1-2H3. The van der Waals surface area contributed by atoms with E-state index in [2.05, 4.69) is 5.32 Å². The van der Waals surface area contributed by atoms with Crippen molar-refractivity contribution in [3.05, 3.63) is 18.2 Å². The van der Waals surface area contributed by atoms with Gasteiger partial charge >= 0.3 is 0 Å². The van der Waals surface area contributed by atoms with Crippen molar-refractivity contribution >= 4 is 9.84 Å².